The van der Waals surface area contributed by atoms with Gasteiger partial charge < -0.3 is 24.7 Å². The number of fused-ring (bicyclic) bond motifs is 2. The Hall–Kier alpha value is -3.32. The highest BCUT2D eigenvalue weighted by molar-refractivity contribution is 6.00. The molecular formula is C27H31N3O4. The molecule has 1 saturated heterocycles. The van der Waals surface area contributed by atoms with E-state index in [1.165, 1.54) is 0 Å². The van der Waals surface area contributed by atoms with Crippen LogP contribution in [-0.2, 0) is 6.42 Å². The summed E-state index contributed by atoms with van der Waals surface area (Å²) in [6, 6.07) is 12.0. The van der Waals surface area contributed by atoms with E-state index in [1.807, 2.05) is 31.2 Å². The van der Waals surface area contributed by atoms with Crippen LogP contribution in [-0.4, -0.2) is 54.0 Å². The first-order valence-corrected chi connectivity index (χ1v) is 12.0. The molecule has 1 amide bonds. The zero-order valence-electron chi connectivity index (χ0n) is 19.8. The standard InChI is InChI=1S/C27H31N3O4/c1-17-13-24(31)22-14-19(25(33-2)16-26(22)34-17)5-9-29-10-7-21(8-11-29)30-12-6-18-3-4-20(27(28)32)15-23(18)30/h3-4,6,12,14-17,21H,5,7-11,13H2,1-2H3,(H2,28,32). The Balaban J connectivity index is 1.24. The number of aromatic nitrogens is 1. The predicted octanol–water partition coefficient (Wildman–Crippen LogP) is 3.98. The maximum Gasteiger partial charge on any atom is 0.248 e. The van der Waals surface area contributed by atoms with Crippen LogP contribution in [0.25, 0.3) is 10.9 Å². The topological polar surface area (TPSA) is 86.8 Å². The summed E-state index contributed by atoms with van der Waals surface area (Å²) in [5.74, 6) is 1.14. The minimum atomic E-state index is -0.398. The van der Waals surface area contributed by atoms with Crippen molar-refractivity contribution in [2.24, 2.45) is 5.73 Å². The van der Waals surface area contributed by atoms with Crippen LogP contribution in [0.5, 0.6) is 11.5 Å². The van der Waals surface area contributed by atoms with Crippen LogP contribution in [0.3, 0.4) is 0 Å². The van der Waals surface area contributed by atoms with Crippen molar-refractivity contribution in [2.75, 3.05) is 26.7 Å². The van der Waals surface area contributed by atoms with Crippen molar-refractivity contribution in [3.05, 3.63) is 59.3 Å². The highest BCUT2D eigenvalue weighted by Gasteiger charge is 2.26. The summed E-state index contributed by atoms with van der Waals surface area (Å²) in [5.41, 5.74) is 8.81. The number of ketones is 1. The Bertz CT molecular complexity index is 1240. The number of carbonyl (C=O) groups excluding carboxylic acids is 2. The molecule has 178 valence electrons. The number of nitrogens with zero attached hydrogens (tertiary/aromatic N) is 2. The van der Waals surface area contributed by atoms with Gasteiger partial charge in [0, 0.05) is 55.4 Å². The second kappa shape index (κ2) is 9.14. The molecule has 2 aliphatic heterocycles. The van der Waals surface area contributed by atoms with Crippen LogP contribution in [0.15, 0.2) is 42.6 Å². The van der Waals surface area contributed by atoms with Gasteiger partial charge >= 0.3 is 0 Å². The molecule has 3 aromatic rings. The highest BCUT2D eigenvalue weighted by atomic mass is 16.5. The van der Waals surface area contributed by atoms with Crippen LogP contribution in [0, 0.1) is 0 Å². The summed E-state index contributed by atoms with van der Waals surface area (Å²) in [5, 5.41) is 1.12. The molecule has 5 rings (SSSR count). The lowest BCUT2D eigenvalue weighted by molar-refractivity contribution is 0.0869. The van der Waals surface area contributed by atoms with Crippen molar-refractivity contribution in [2.45, 2.75) is 44.8 Å². The normalized spacial score (nSPS) is 19.1. The molecule has 3 heterocycles. The largest absolute Gasteiger partial charge is 0.496 e. The van der Waals surface area contributed by atoms with E-state index in [1.54, 1.807) is 13.2 Å². The first kappa shape index (κ1) is 22.5. The first-order valence-electron chi connectivity index (χ1n) is 12.0. The minimum Gasteiger partial charge on any atom is -0.496 e. The Morgan fingerprint density at radius 2 is 1.97 bits per heavy atom. The number of primary amides is 1. The molecule has 0 aliphatic carbocycles. The molecule has 0 spiro atoms. The molecule has 0 saturated carbocycles. The van der Waals surface area contributed by atoms with Gasteiger partial charge in [0.15, 0.2) is 5.78 Å². The third kappa shape index (κ3) is 4.28. The Kier molecular flexibility index (Phi) is 6.04. The fraction of sp³-hybridized carbons (Fsp3) is 0.407. The van der Waals surface area contributed by atoms with Crippen LogP contribution in [0.2, 0.25) is 0 Å². The van der Waals surface area contributed by atoms with E-state index in [0.717, 1.165) is 61.1 Å². The molecule has 0 radical (unpaired) electrons. The van der Waals surface area contributed by atoms with Gasteiger partial charge in [0.05, 0.1) is 12.7 Å². The van der Waals surface area contributed by atoms with Crippen molar-refractivity contribution in [1.29, 1.82) is 0 Å². The fourth-order valence-corrected chi connectivity index (χ4v) is 5.26. The van der Waals surface area contributed by atoms with Crippen molar-refractivity contribution >= 4 is 22.6 Å². The van der Waals surface area contributed by atoms with Crippen LogP contribution in [0.4, 0.5) is 0 Å². The van der Waals surface area contributed by atoms with Crippen LogP contribution >= 0.6 is 0 Å². The smallest absolute Gasteiger partial charge is 0.248 e. The Morgan fingerprint density at radius 1 is 1.18 bits per heavy atom. The molecule has 1 fully saturated rings. The third-order valence-corrected chi connectivity index (χ3v) is 7.14. The number of ether oxygens (including phenoxy) is 2. The number of Topliss-reactive ketones (excluding diaryl/α,β-unsaturated/α-hetero) is 1. The fourth-order valence-electron chi connectivity index (χ4n) is 5.26. The van der Waals surface area contributed by atoms with Crippen molar-refractivity contribution in [3.63, 3.8) is 0 Å². The van der Waals surface area contributed by atoms with E-state index in [4.69, 9.17) is 15.2 Å². The number of likely N-dealkylation sites (tertiary alicyclic amines) is 1. The number of piperidine rings is 1. The number of hydrogen-bond acceptors (Lipinski definition) is 5. The summed E-state index contributed by atoms with van der Waals surface area (Å²) < 4.78 is 13.8. The maximum absolute atomic E-state index is 12.5. The summed E-state index contributed by atoms with van der Waals surface area (Å²) in [6.07, 6.45) is 5.33. The molecule has 1 aromatic heterocycles. The second-order valence-electron chi connectivity index (χ2n) is 9.40. The summed E-state index contributed by atoms with van der Waals surface area (Å²) >= 11 is 0. The van der Waals surface area contributed by atoms with Crippen LogP contribution in [0.1, 0.15) is 58.5 Å². The number of methoxy groups -OCH3 is 1. The SMILES string of the molecule is COc1cc2c(cc1CCN1CCC(n3ccc4ccc(C(N)=O)cc43)CC1)C(=O)CC(C)O2. The first-order chi connectivity index (χ1) is 16.4. The lowest BCUT2D eigenvalue weighted by Gasteiger charge is -2.33. The van der Waals surface area contributed by atoms with Gasteiger partial charge in [-0.05, 0) is 61.4 Å². The van der Waals surface area contributed by atoms with Gasteiger partial charge in [-0.2, -0.15) is 0 Å². The van der Waals surface area contributed by atoms with Gasteiger partial charge in [0.25, 0.3) is 0 Å². The Labute approximate surface area is 199 Å². The Morgan fingerprint density at radius 3 is 2.71 bits per heavy atom. The number of hydrogen-bond donors (Lipinski definition) is 1. The van der Waals surface area contributed by atoms with Gasteiger partial charge in [0.1, 0.15) is 17.6 Å². The second-order valence-corrected chi connectivity index (χ2v) is 9.40. The van der Waals surface area contributed by atoms with E-state index < -0.39 is 5.91 Å². The lowest BCUT2D eigenvalue weighted by atomic mass is 9.97. The number of nitrogens with two attached hydrogens (primary N) is 1. The number of rotatable bonds is 6. The monoisotopic (exact) mass is 461 g/mol. The van der Waals surface area contributed by atoms with Gasteiger partial charge in [-0.3, -0.25) is 9.59 Å². The van der Waals surface area contributed by atoms with Crippen molar-refractivity contribution < 1.29 is 19.1 Å². The molecule has 1 unspecified atom stereocenters. The summed E-state index contributed by atoms with van der Waals surface area (Å²) in [6.45, 7) is 4.81. The summed E-state index contributed by atoms with van der Waals surface area (Å²) in [4.78, 5) is 26.6. The zero-order chi connectivity index (χ0) is 23.8. The zero-order valence-corrected chi connectivity index (χ0v) is 19.8. The maximum atomic E-state index is 12.5. The molecule has 34 heavy (non-hydrogen) atoms. The third-order valence-electron chi connectivity index (χ3n) is 7.14. The molecule has 1 atom stereocenters. The molecule has 7 nitrogen and oxygen atoms in total. The van der Waals surface area contributed by atoms with Gasteiger partial charge in [-0.15, -0.1) is 0 Å². The number of carbonyl (C=O) groups is 2. The van der Waals surface area contributed by atoms with E-state index in [9.17, 15) is 9.59 Å². The summed E-state index contributed by atoms with van der Waals surface area (Å²) in [7, 11) is 1.66. The molecule has 2 N–H and O–H groups in total. The molecule has 2 aromatic carbocycles. The van der Waals surface area contributed by atoms with Gasteiger partial charge in [-0.1, -0.05) is 6.07 Å². The predicted molar refractivity (Wildman–Crippen MR) is 131 cm³/mol. The molecule has 7 heteroatoms. The molecule has 2 aliphatic rings. The number of amides is 1. The quantitative estimate of drug-likeness (QED) is 0.600. The van der Waals surface area contributed by atoms with E-state index in [-0.39, 0.29) is 11.9 Å². The minimum absolute atomic E-state index is 0.100. The van der Waals surface area contributed by atoms with E-state index in [0.29, 0.717) is 29.3 Å². The van der Waals surface area contributed by atoms with Gasteiger partial charge in [0.2, 0.25) is 5.91 Å². The lowest BCUT2D eigenvalue weighted by Crippen LogP contribution is -2.36. The average Bonchev–Trinajstić information content (AvgIpc) is 3.26. The van der Waals surface area contributed by atoms with Gasteiger partial charge in [-0.25, -0.2) is 0 Å². The molecular weight excluding hydrogens is 430 g/mol. The highest BCUT2D eigenvalue weighted by Crippen LogP contribution is 2.35. The van der Waals surface area contributed by atoms with E-state index >= 15 is 0 Å². The van der Waals surface area contributed by atoms with Crippen molar-refractivity contribution in [3.8, 4) is 11.5 Å². The molecule has 0 bridgehead atoms. The number of benzene rings is 2. The van der Waals surface area contributed by atoms with E-state index in [2.05, 4.69) is 21.7 Å². The van der Waals surface area contributed by atoms with Crippen LogP contribution < -0.4 is 15.2 Å². The average molecular weight is 462 g/mol. The van der Waals surface area contributed by atoms with Crippen molar-refractivity contribution in [1.82, 2.24) is 9.47 Å².